The second-order valence-electron chi connectivity index (χ2n) is 3.72. The van der Waals surface area contributed by atoms with E-state index >= 15 is 0 Å². The van der Waals surface area contributed by atoms with Gasteiger partial charge in [0.1, 0.15) is 0 Å². The number of rotatable bonds is 7. The van der Waals surface area contributed by atoms with Crippen molar-refractivity contribution in [3.8, 4) is 0 Å². The molecule has 0 saturated heterocycles. The molecule has 6 nitrogen and oxygen atoms in total. The minimum Gasteiger partial charge on any atom is -0.462 e. The van der Waals surface area contributed by atoms with Crippen molar-refractivity contribution in [2.24, 2.45) is 0 Å². The number of carbonyl (C=O) groups excluding carboxylic acids is 1. The molecule has 1 aromatic rings. The molecule has 0 aliphatic carbocycles. The van der Waals surface area contributed by atoms with Crippen molar-refractivity contribution in [3.63, 3.8) is 0 Å². The molecule has 0 radical (unpaired) electrons. The smallest absolute Gasteiger partial charge is 0.338 e. The third-order valence-electron chi connectivity index (χ3n) is 2.30. The Balaban J connectivity index is 2.77. The molecule has 0 heterocycles. The van der Waals surface area contributed by atoms with E-state index in [1.54, 1.807) is 6.92 Å². The molecule has 0 unspecified atom stereocenters. The Hall–Kier alpha value is -1.44. The first-order valence-electron chi connectivity index (χ1n) is 5.89. The van der Waals surface area contributed by atoms with Gasteiger partial charge in [-0.1, -0.05) is 0 Å². The number of benzene rings is 1. The molecule has 7 heteroatoms. The number of aliphatic hydroxyl groups excluding tert-OH is 1. The summed E-state index contributed by atoms with van der Waals surface area (Å²) in [5, 5.41) is 8.60. The van der Waals surface area contributed by atoms with E-state index in [0.717, 1.165) is 0 Å². The van der Waals surface area contributed by atoms with Crippen molar-refractivity contribution < 1.29 is 23.1 Å². The summed E-state index contributed by atoms with van der Waals surface area (Å²) in [4.78, 5) is 11.5. The number of nitrogens with one attached hydrogen (secondary N) is 1. The van der Waals surface area contributed by atoms with Crippen LogP contribution in [0, 0.1) is 0 Å². The Morgan fingerprint density at radius 1 is 1.32 bits per heavy atom. The maximum Gasteiger partial charge on any atom is 0.338 e. The van der Waals surface area contributed by atoms with Crippen LogP contribution in [0.5, 0.6) is 0 Å². The average Bonchev–Trinajstić information content (AvgIpc) is 2.39. The van der Waals surface area contributed by atoms with E-state index in [-0.39, 0.29) is 24.7 Å². The summed E-state index contributed by atoms with van der Waals surface area (Å²) in [7, 11) is -3.60. The first-order chi connectivity index (χ1) is 9.01. The molecule has 0 amide bonds. The normalized spacial score (nSPS) is 11.3. The van der Waals surface area contributed by atoms with Crippen LogP contribution in [0.3, 0.4) is 0 Å². The molecule has 106 valence electrons. The van der Waals surface area contributed by atoms with E-state index in [1.807, 2.05) is 0 Å². The fourth-order valence-corrected chi connectivity index (χ4v) is 2.43. The minimum absolute atomic E-state index is 0.0680. The fraction of sp³-hybridized carbons (Fsp3) is 0.417. The highest BCUT2D eigenvalue weighted by molar-refractivity contribution is 7.89. The summed E-state index contributed by atoms with van der Waals surface area (Å²) in [6.45, 7) is 2.05. The van der Waals surface area contributed by atoms with E-state index in [0.29, 0.717) is 12.0 Å². The maximum atomic E-state index is 11.8. The van der Waals surface area contributed by atoms with E-state index < -0.39 is 16.0 Å². The topological polar surface area (TPSA) is 92.7 Å². The molecule has 1 rings (SSSR count). The zero-order chi connectivity index (χ0) is 14.3. The zero-order valence-electron chi connectivity index (χ0n) is 10.6. The van der Waals surface area contributed by atoms with Gasteiger partial charge < -0.3 is 9.84 Å². The van der Waals surface area contributed by atoms with Crippen LogP contribution >= 0.6 is 0 Å². The zero-order valence-corrected chi connectivity index (χ0v) is 11.4. The summed E-state index contributed by atoms with van der Waals surface area (Å²) in [5.74, 6) is -0.486. The number of sulfonamides is 1. The van der Waals surface area contributed by atoms with Crippen LogP contribution in [0.1, 0.15) is 23.7 Å². The number of ether oxygens (including phenoxy) is 1. The van der Waals surface area contributed by atoms with Crippen molar-refractivity contribution in [2.75, 3.05) is 19.8 Å². The van der Waals surface area contributed by atoms with Gasteiger partial charge in [-0.25, -0.2) is 17.9 Å². The van der Waals surface area contributed by atoms with E-state index in [1.165, 1.54) is 24.3 Å². The lowest BCUT2D eigenvalue weighted by Crippen LogP contribution is -2.25. The van der Waals surface area contributed by atoms with E-state index in [4.69, 9.17) is 9.84 Å². The highest BCUT2D eigenvalue weighted by atomic mass is 32.2. The molecule has 0 aliphatic rings. The van der Waals surface area contributed by atoms with Crippen molar-refractivity contribution >= 4 is 16.0 Å². The van der Waals surface area contributed by atoms with Gasteiger partial charge >= 0.3 is 5.97 Å². The third kappa shape index (κ3) is 4.62. The molecule has 1 aromatic carbocycles. The van der Waals surface area contributed by atoms with Gasteiger partial charge in [0.05, 0.1) is 17.1 Å². The Morgan fingerprint density at radius 3 is 2.47 bits per heavy atom. The van der Waals surface area contributed by atoms with Crippen LogP contribution in [0.25, 0.3) is 0 Å². The van der Waals surface area contributed by atoms with Gasteiger partial charge in [-0.2, -0.15) is 0 Å². The van der Waals surface area contributed by atoms with Gasteiger partial charge in [0.25, 0.3) is 0 Å². The van der Waals surface area contributed by atoms with Crippen LogP contribution in [-0.4, -0.2) is 39.3 Å². The quantitative estimate of drug-likeness (QED) is 0.563. The third-order valence-corrected chi connectivity index (χ3v) is 3.78. The molecular weight excluding hydrogens is 270 g/mol. The summed E-state index contributed by atoms with van der Waals surface area (Å²) in [6, 6.07) is 5.48. The van der Waals surface area contributed by atoms with Gasteiger partial charge in [-0.3, -0.25) is 0 Å². The largest absolute Gasteiger partial charge is 0.462 e. The van der Waals surface area contributed by atoms with Crippen LogP contribution in [0.15, 0.2) is 29.2 Å². The molecule has 19 heavy (non-hydrogen) atoms. The van der Waals surface area contributed by atoms with Crippen molar-refractivity contribution in [3.05, 3.63) is 29.8 Å². The lowest BCUT2D eigenvalue weighted by Gasteiger charge is -2.07. The van der Waals surface area contributed by atoms with Gasteiger partial charge in [-0.15, -0.1) is 0 Å². The van der Waals surface area contributed by atoms with Gasteiger partial charge in [-0.05, 0) is 37.6 Å². The lowest BCUT2D eigenvalue weighted by molar-refractivity contribution is 0.0526. The van der Waals surface area contributed by atoms with Gasteiger partial charge in [0.2, 0.25) is 10.0 Å². The van der Waals surface area contributed by atoms with Crippen LogP contribution < -0.4 is 4.72 Å². The lowest BCUT2D eigenvalue weighted by atomic mass is 10.2. The Kier molecular flexibility index (Phi) is 5.94. The van der Waals surface area contributed by atoms with Crippen molar-refractivity contribution in [2.45, 2.75) is 18.2 Å². The van der Waals surface area contributed by atoms with Crippen LogP contribution in [-0.2, 0) is 14.8 Å². The monoisotopic (exact) mass is 287 g/mol. The molecule has 0 saturated carbocycles. The molecular formula is C12H17NO5S. The standard InChI is InChI=1S/C12H17NO5S/c1-2-18-12(15)10-4-6-11(7-5-10)19(16,17)13-8-3-9-14/h4-7,13-14H,2-3,8-9H2,1H3. The molecule has 0 bridgehead atoms. The van der Waals surface area contributed by atoms with Crippen LogP contribution in [0.2, 0.25) is 0 Å². The highest BCUT2D eigenvalue weighted by Crippen LogP contribution is 2.11. The fourth-order valence-electron chi connectivity index (χ4n) is 1.35. The molecule has 2 N–H and O–H groups in total. The van der Waals surface area contributed by atoms with Gasteiger partial charge in [0.15, 0.2) is 0 Å². The average molecular weight is 287 g/mol. The van der Waals surface area contributed by atoms with Crippen molar-refractivity contribution in [1.29, 1.82) is 0 Å². The highest BCUT2D eigenvalue weighted by Gasteiger charge is 2.14. The molecule has 0 fully saturated rings. The summed E-state index contributed by atoms with van der Waals surface area (Å²) in [5.41, 5.74) is 0.302. The first kappa shape index (κ1) is 15.6. The second-order valence-corrected chi connectivity index (χ2v) is 5.49. The molecule has 0 atom stereocenters. The maximum absolute atomic E-state index is 11.8. The Bertz CT molecular complexity index is 509. The van der Waals surface area contributed by atoms with Crippen LogP contribution in [0.4, 0.5) is 0 Å². The van der Waals surface area contributed by atoms with Gasteiger partial charge in [0, 0.05) is 13.2 Å². The van der Waals surface area contributed by atoms with Crippen molar-refractivity contribution in [1.82, 2.24) is 4.72 Å². The van der Waals surface area contributed by atoms with E-state index in [2.05, 4.69) is 4.72 Å². The molecule has 0 aliphatic heterocycles. The predicted octanol–water partition coefficient (Wildman–Crippen LogP) is 0.524. The Labute approximate surface area is 112 Å². The number of hydrogen-bond acceptors (Lipinski definition) is 5. The number of esters is 1. The summed E-state index contributed by atoms with van der Waals surface area (Å²) in [6.07, 6.45) is 0.347. The predicted molar refractivity (Wildman–Crippen MR) is 69.3 cm³/mol. The molecule has 0 aromatic heterocycles. The SMILES string of the molecule is CCOC(=O)c1ccc(S(=O)(=O)NCCCO)cc1. The minimum atomic E-state index is -3.60. The second kappa shape index (κ2) is 7.22. The first-order valence-corrected chi connectivity index (χ1v) is 7.37. The van der Waals surface area contributed by atoms with E-state index in [9.17, 15) is 13.2 Å². The summed E-state index contributed by atoms with van der Waals surface area (Å²) >= 11 is 0. The number of carbonyl (C=O) groups is 1. The Morgan fingerprint density at radius 2 is 1.95 bits per heavy atom. The summed E-state index contributed by atoms with van der Waals surface area (Å²) < 4.78 is 30.8. The number of aliphatic hydroxyl groups is 1. The number of hydrogen-bond donors (Lipinski definition) is 2. The molecule has 0 spiro atoms.